The van der Waals surface area contributed by atoms with Crippen molar-refractivity contribution in [3.8, 4) is 0 Å². The summed E-state index contributed by atoms with van der Waals surface area (Å²) in [5.74, 6) is 1.64. The first kappa shape index (κ1) is 24.0. The lowest BCUT2D eigenvalue weighted by molar-refractivity contribution is 0.0573. The summed E-state index contributed by atoms with van der Waals surface area (Å²) in [5, 5.41) is 0. The van der Waals surface area contributed by atoms with Gasteiger partial charge in [0.15, 0.2) is 0 Å². The molecular formula is C18H32Cl2N4O. The molecule has 0 aliphatic carbocycles. The average molecular weight is 391 g/mol. The van der Waals surface area contributed by atoms with Crippen LogP contribution in [0.5, 0.6) is 0 Å². The van der Waals surface area contributed by atoms with E-state index >= 15 is 0 Å². The Morgan fingerprint density at radius 2 is 2.08 bits per heavy atom. The van der Waals surface area contributed by atoms with Gasteiger partial charge >= 0.3 is 0 Å². The molecule has 1 aliphatic rings. The minimum absolute atomic E-state index is 0. The lowest BCUT2D eigenvalue weighted by Gasteiger charge is -2.38. The summed E-state index contributed by atoms with van der Waals surface area (Å²) in [6.45, 7) is 9.74. The van der Waals surface area contributed by atoms with Crippen LogP contribution in [-0.2, 0) is 0 Å². The maximum Gasteiger partial charge on any atom is 0.255 e. The lowest BCUT2D eigenvalue weighted by Crippen LogP contribution is -2.49. The van der Waals surface area contributed by atoms with Crippen LogP contribution in [-0.4, -0.2) is 48.0 Å². The van der Waals surface area contributed by atoms with Crippen LogP contribution >= 0.6 is 24.8 Å². The third kappa shape index (κ3) is 6.01. The fourth-order valence-corrected chi connectivity index (χ4v) is 3.31. The molecule has 0 aromatic carbocycles. The Kier molecular flexibility index (Phi) is 11.1. The van der Waals surface area contributed by atoms with Crippen LogP contribution in [0, 0.1) is 5.92 Å². The first-order valence-electron chi connectivity index (χ1n) is 8.82. The van der Waals surface area contributed by atoms with Gasteiger partial charge in [-0.25, -0.2) is 4.98 Å². The Balaban J connectivity index is 0.00000288. The van der Waals surface area contributed by atoms with Gasteiger partial charge in [0.2, 0.25) is 0 Å². The van der Waals surface area contributed by atoms with Crippen molar-refractivity contribution in [2.24, 2.45) is 11.7 Å². The highest BCUT2D eigenvalue weighted by Gasteiger charge is 2.29. The van der Waals surface area contributed by atoms with Crippen LogP contribution in [0.2, 0.25) is 0 Å². The summed E-state index contributed by atoms with van der Waals surface area (Å²) >= 11 is 0. The Labute approximate surface area is 164 Å². The first-order valence-corrected chi connectivity index (χ1v) is 8.82. The Bertz CT molecular complexity index is 512. The number of piperidine rings is 1. The minimum atomic E-state index is 0. The minimum Gasteiger partial charge on any atom is -0.357 e. The highest BCUT2D eigenvalue weighted by atomic mass is 35.5. The largest absolute Gasteiger partial charge is 0.357 e. The maximum absolute atomic E-state index is 12.8. The molecule has 1 aliphatic heterocycles. The molecule has 0 bridgehead atoms. The molecule has 0 saturated carbocycles. The Hall–Kier alpha value is -1.04. The van der Waals surface area contributed by atoms with Gasteiger partial charge < -0.3 is 15.5 Å². The molecule has 144 valence electrons. The number of amides is 1. The van der Waals surface area contributed by atoms with E-state index in [-0.39, 0.29) is 36.8 Å². The van der Waals surface area contributed by atoms with E-state index in [0.29, 0.717) is 18.0 Å². The highest BCUT2D eigenvalue weighted by molar-refractivity contribution is 5.94. The maximum atomic E-state index is 12.8. The average Bonchev–Trinajstić information content (AvgIpc) is 2.59. The van der Waals surface area contributed by atoms with Gasteiger partial charge in [-0.2, -0.15) is 0 Å². The Morgan fingerprint density at radius 1 is 1.36 bits per heavy atom. The zero-order valence-corrected chi connectivity index (χ0v) is 17.1. The van der Waals surface area contributed by atoms with Gasteiger partial charge in [0.1, 0.15) is 5.82 Å². The van der Waals surface area contributed by atoms with Crippen LogP contribution in [0.25, 0.3) is 0 Å². The van der Waals surface area contributed by atoms with Crippen molar-refractivity contribution in [2.75, 3.05) is 31.1 Å². The summed E-state index contributed by atoms with van der Waals surface area (Å²) in [7, 11) is 0. The zero-order valence-electron chi connectivity index (χ0n) is 15.5. The second kappa shape index (κ2) is 11.6. The standard InChI is InChI=1S/C18H30N4O.2ClH/c1-4-9-21(5-2)17-7-6-15(13-20-17)18(23)22-10-8-14(3)11-16(22)12-19;;/h6-7,13-14,16H,4-5,8-12,19H2,1-3H3;2*1H. The molecule has 1 saturated heterocycles. The number of hydrogen-bond donors (Lipinski definition) is 1. The van der Waals surface area contributed by atoms with Crippen LogP contribution in [0.15, 0.2) is 18.3 Å². The van der Waals surface area contributed by atoms with Gasteiger partial charge in [-0.05, 0) is 44.2 Å². The lowest BCUT2D eigenvalue weighted by atomic mass is 9.92. The van der Waals surface area contributed by atoms with Crippen molar-refractivity contribution in [3.05, 3.63) is 23.9 Å². The van der Waals surface area contributed by atoms with Gasteiger partial charge in [-0.1, -0.05) is 13.8 Å². The molecule has 1 fully saturated rings. The number of pyridine rings is 1. The molecule has 2 unspecified atom stereocenters. The van der Waals surface area contributed by atoms with Gasteiger partial charge in [0.25, 0.3) is 5.91 Å². The predicted octanol–water partition coefficient (Wildman–Crippen LogP) is 3.36. The SMILES string of the molecule is CCCN(CC)c1ccc(C(=O)N2CCC(C)CC2CN)cn1.Cl.Cl. The molecule has 0 spiro atoms. The van der Waals surface area contributed by atoms with Crippen molar-refractivity contribution < 1.29 is 4.79 Å². The molecule has 1 amide bonds. The molecule has 1 aromatic rings. The van der Waals surface area contributed by atoms with E-state index in [2.05, 4.69) is 30.7 Å². The normalized spacial score (nSPS) is 19.6. The van der Waals surface area contributed by atoms with Gasteiger partial charge in [0, 0.05) is 38.4 Å². The molecule has 1 aromatic heterocycles. The second-order valence-electron chi connectivity index (χ2n) is 6.50. The van der Waals surface area contributed by atoms with Crippen molar-refractivity contribution >= 4 is 36.5 Å². The number of carbonyl (C=O) groups is 1. The molecule has 7 heteroatoms. The number of halogens is 2. The van der Waals surface area contributed by atoms with Crippen molar-refractivity contribution in [2.45, 2.75) is 46.1 Å². The fourth-order valence-electron chi connectivity index (χ4n) is 3.31. The first-order chi connectivity index (χ1) is 11.1. The van der Waals surface area contributed by atoms with Crippen LogP contribution in [0.4, 0.5) is 5.82 Å². The topological polar surface area (TPSA) is 62.5 Å². The third-order valence-electron chi connectivity index (χ3n) is 4.71. The molecule has 2 rings (SSSR count). The number of rotatable bonds is 6. The van der Waals surface area contributed by atoms with E-state index in [0.717, 1.165) is 44.7 Å². The van der Waals surface area contributed by atoms with Crippen molar-refractivity contribution in [3.63, 3.8) is 0 Å². The second-order valence-corrected chi connectivity index (χ2v) is 6.50. The van der Waals surface area contributed by atoms with Crippen LogP contribution in [0.3, 0.4) is 0 Å². The molecule has 5 nitrogen and oxygen atoms in total. The molecule has 2 atom stereocenters. The quantitative estimate of drug-likeness (QED) is 0.808. The summed E-state index contributed by atoms with van der Waals surface area (Å²) in [6.07, 6.45) is 4.84. The monoisotopic (exact) mass is 390 g/mol. The number of aromatic nitrogens is 1. The molecular weight excluding hydrogens is 359 g/mol. The van der Waals surface area contributed by atoms with E-state index in [4.69, 9.17) is 5.73 Å². The predicted molar refractivity (Wildman–Crippen MR) is 109 cm³/mol. The zero-order chi connectivity index (χ0) is 16.8. The van der Waals surface area contributed by atoms with Gasteiger partial charge in [-0.3, -0.25) is 4.79 Å². The van der Waals surface area contributed by atoms with E-state index in [1.54, 1.807) is 6.20 Å². The summed E-state index contributed by atoms with van der Waals surface area (Å²) in [5.41, 5.74) is 6.53. The fraction of sp³-hybridized carbons (Fsp3) is 0.667. The number of likely N-dealkylation sites (tertiary alicyclic amines) is 1. The highest BCUT2D eigenvalue weighted by Crippen LogP contribution is 2.24. The number of nitrogens with zero attached hydrogens (tertiary/aromatic N) is 3. The number of anilines is 1. The van der Waals surface area contributed by atoms with Crippen molar-refractivity contribution in [1.29, 1.82) is 0 Å². The molecule has 0 radical (unpaired) electrons. The number of hydrogen-bond acceptors (Lipinski definition) is 4. The summed E-state index contributed by atoms with van der Waals surface area (Å²) < 4.78 is 0. The van der Waals surface area contributed by atoms with E-state index in [1.807, 2.05) is 17.0 Å². The molecule has 2 heterocycles. The van der Waals surface area contributed by atoms with Gasteiger partial charge in [0.05, 0.1) is 5.56 Å². The number of nitrogens with two attached hydrogens (primary N) is 1. The van der Waals surface area contributed by atoms with Crippen molar-refractivity contribution in [1.82, 2.24) is 9.88 Å². The summed E-state index contributed by atoms with van der Waals surface area (Å²) in [4.78, 5) is 21.4. The van der Waals surface area contributed by atoms with Crippen LogP contribution in [0.1, 0.15) is 50.4 Å². The molecule has 2 N–H and O–H groups in total. The van der Waals surface area contributed by atoms with Gasteiger partial charge in [-0.15, -0.1) is 24.8 Å². The summed E-state index contributed by atoms with van der Waals surface area (Å²) in [6, 6.07) is 4.00. The smallest absolute Gasteiger partial charge is 0.255 e. The number of carbonyl (C=O) groups excluding carboxylic acids is 1. The molecule has 25 heavy (non-hydrogen) atoms. The van der Waals surface area contributed by atoms with E-state index in [1.165, 1.54) is 0 Å². The van der Waals surface area contributed by atoms with E-state index < -0.39 is 0 Å². The third-order valence-corrected chi connectivity index (χ3v) is 4.71. The van der Waals surface area contributed by atoms with E-state index in [9.17, 15) is 4.79 Å². The Morgan fingerprint density at radius 3 is 2.60 bits per heavy atom. The van der Waals surface area contributed by atoms with Crippen LogP contribution < -0.4 is 10.6 Å².